The minimum Gasteiger partial charge on any atom is -0.406 e. The predicted octanol–water partition coefficient (Wildman–Crippen LogP) is 6.22. The van der Waals surface area contributed by atoms with Crippen LogP contribution in [0.15, 0.2) is 102 Å². The Balaban J connectivity index is 1.37. The number of aliphatic hydroxyl groups excluding tert-OH is 1. The smallest absolute Gasteiger partial charge is 0.406 e. The summed E-state index contributed by atoms with van der Waals surface area (Å²) < 4.78 is 81.5. The van der Waals surface area contributed by atoms with Crippen LogP contribution in [0.5, 0.6) is 5.75 Å². The number of nitrogens with one attached hydrogen (secondary N) is 3. The maximum atomic E-state index is 14.5. The standard InChI is InChI=1S/C33H31F4N5O4S/c34-25-9-3-4-10-26(25)39-32(44)41-19-27(40-47(38,45)24-17-15-23(16-18-24)46-33(35,36)37)31(43)30(20-41)42-28-11-5-1-7-21(28)13-14-22-8-2-6-12-29(22)42/h1-12,15-18,27,30-31,43H,13-14,19-20H2,(H,39,44)(H2,38,40,45). The number of hydrogen-bond acceptors (Lipinski definition) is 6. The molecule has 0 radical (unpaired) electrons. The number of alkyl halides is 3. The van der Waals surface area contributed by atoms with Gasteiger partial charge in [-0.3, -0.25) is 0 Å². The summed E-state index contributed by atoms with van der Waals surface area (Å²) in [5, 5.41) is 14.5. The van der Waals surface area contributed by atoms with Crippen molar-refractivity contribution in [1.29, 1.82) is 4.78 Å². The fourth-order valence-corrected chi connectivity index (χ4v) is 7.37. The van der Waals surface area contributed by atoms with Crippen LogP contribution < -0.4 is 19.7 Å². The van der Waals surface area contributed by atoms with E-state index in [1.165, 1.54) is 23.1 Å². The maximum Gasteiger partial charge on any atom is 0.573 e. The fraction of sp³-hybridized carbons (Fsp3) is 0.242. The Kier molecular flexibility index (Phi) is 8.83. The molecule has 0 spiro atoms. The van der Waals surface area contributed by atoms with E-state index in [-0.39, 0.29) is 23.7 Å². The number of para-hydroxylation sites is 3. The molecule has 2 aliphatic rings. The zero-order valence-electron chi connectivity index (χ0n) is 24.8. The second-order valence-electron chi connectivity index (χ2n) is 11.3. The molecule has 0 aromatic heterocycles. The van der Waals surface area contributed by atoms with E-state index in [4.69, 9.17) is 4.78 Å². The monoisotopic (exact) mass is 669 g/mol. The minimum absolute atomic E-state index is 0.0228. The van der Waals surface area contributed by atoms with Crippen molar-refractivity contribution < 1.29 is 36.4 Å². The van der Waals surface area contributed by atoms with Gasteiger partial charge in [-0.25, -0.2) is 22.9 Å². The summed E-state index contributed by atoms with van der Waals surface area (Å²) in [6.07, 6.45) is -4.79. The first-order valence-corrected chi connectivity index (χ1v) is 16.3. The first-order valence-electron chi connectivity index (χ1n) is 14.7. The molecule has 4 unspecified atom stereocenters. The van der Waals surface area contributed by atoms with Crippen molar-refractivity contribution in [2.24, 2.45) is 0 Å². The Labute approximate surface area is 268 Å². The summed E-state index contributed by atoms with van der Waals surface area (Å²) in [6.45, 7) is -0.245. The highest BCUT2D eigenvalue weighted by Crippen LogP contribution is 2.40. The molecule has 9 nitrogen and oxygen atoms in total. The Morgan fingerprint density at radius 2 is 1.45 bits per heavy atom. The van der Waals surface area contributed by atoms with E-state index in [2.05, 4.69) is 14.8 Å². The van der Waals surface area contributed by atoms with Gasteiger partial charge in [0.2, 0.25) is 0 Å². The molecule has 246 valence electrons. The molecular formula is C33H31F4N5O4S. The van der Waals surface area contributed by atoms with Crippen LogP contribution in [0.2, 0.25) is 0 Å². The Hall–Kier alpha value is -4.66. The van der Waals surface area contributed by atoms with E-state index < -0.39 is 52.1 Å². The highest BCUT2D eigenvalue weighted by Gasteiger charge is 2.44. The number of carbonyl (C=O) groups excluding carboxylic acids is 1. The minimum atomic E-state index is -4.93. The SMILES string of the molecule is N=S(=O)(NC1CN(C(=O)Nc2ccccc2F)CC(N2c3ccccc3CCc3ccccc32)C1O)c1ccc(OC(F)(F)F)cc1. The van der Waals surface area contributed by atoms with E-state index in [9.17, 15) is 31.7 Å². The van der Waals surface area contributed by atoms with Gasteiger partial charge in [-0.2, -0.15) is 0 Å². The van der Waals surface area contributed by atoms with E-state index >= 15 is 0 Å². The number of amides is 2. The average Bonchev–Trinajstić information content (AvgIpc) is 3.19. The number of aliphatic hydroxyl groups is 1. The van der Waals surface area contributed by atoms with Gasteiger partial charge in [0.25, 0.3) is 0 Å². The van der Waals surface area contributed by atoms with E-state index in [0.29, 0.717) is 0 Å². The van der Waals surface area contributed by atoms with Crippen LogP contribution in [0, 0.1) is 10.6 Å². The molecule has 6 rings (SSSR count). The molecule has 2 amide bonds. The summed E-state index contributed by atoms with van der Waals surface area (Å²) in [7, 11) is -3.93. The Bertz CT molecular complexity index is 1830. The number of piperidine rings is 1. The maximum absolute atomic E-state index is 14.5. The molecule has 2 heterocycles. The number of fused-ring (bicyclic) bond motifs is 2. The van der Waals surface area contributed by atoms with Crippen molar-refractivity contribution in [1.82, 2.24) is 9.62 Å². The number of aryl methyl sites for hydroxylation is 2. The number of likely N-dealkylation sites (tertiary alicyclic amines) is 1. The highest BCUT2D eigenvalue weighted by atomic mass is 32.2. The van der Waals surface area contributed by atoms with Crippen LogP contribution in [0.1, 0.15) is 11.1 Å². The second-order valence-corrected chi connectivity index (χ2v) is 13.1. The molecule has 0 bridgehead atoms. The van der Waals surface area contributed by atoms with Crippen LogP contribution in [0.4, 0.5) is 39.4 Å². The molecule has 1 fully saturated rings. The van der Waals surface area contributed by atoms with Gasteiger partial charge in [0, 0.05) is 24.5 Å². The number of anilines is 3. The second kappa shape index (κ2) is 12.9. The van der Waals surface area contributed by atoms with Crippen molar-refractivity contribution >= 4 is 33.0 Å². The zero-order valence-corrected chi connectivity index (χ0v) is 25.6. The van der Waals surface area contributed by atoms with Crippen molar-refractivity contribution in [2.45, 2.75) is 42.3 Å². The normalized spacial score (nSPS) is 20.7. The molecular weight excluding hydrogens is 638 g/mol. The fourth-order valence-electron chi connectivity index (χ4n) is 6.07. The van der Waals surface area contributed by atoms with Gasteiger partial charge in [0.1, 0.15) is 21.5 Å². The largest absolute Gasteiger partial charge is 0.573 e. The average molecular weight is 670 g/mol. The van der Waals surface area contributed by atoms with Gasteiger partial charge in [0.05, 0.1) is 28.8 Å². The van der Waals surface area contributed by atoms with Crippen LogP contribution >= 0.6 is 0 Å². The molecule has 47 heavy (non-hydrogen) atoms. The van der Waals surface area contributed by atoms with Crippen molar-refractivity contribution in [3.05, 3.63) is 114 Å². The number of benzene rings is 4. The van der Waals surface area contributed by atoms with E-state index in [1.54, 1.807) is 6.07 Å². The van der Waals surface area contributed by atoms with Crippen LogP contribution in [0.3, 0.4) is 0 Å². The molecule has 0 saturated carbocycles. The zero-order chi connectivity index (χ0) is 33.3. The predicted molar refractivity (Wildman–Crippen MR) is 168 cm³/mol. The molecule has 2 aliphatic heterocycles. The van der Waals surface area contributed by atoms with Gasteiger partial charge in [-0.1, -0.05) is 48.5 Å². The van der Waals surface area contributed by atoms with Crippen molar-refractivity contribution in [3.63, 3.8) is 0 Å². The third-order valence-electron chi connectivity index (χ3n) is 8.24. The number of nitrogens with zero attached hydrogens (tertiary/aromatic N) is 2. The molecule has 4 aromatic carbocycles. The van der Waals surface area contributed by atoms with E-state index in [1.807, 2.05) is 53.4 Å². The first-order chi connectivity index (χ1) is 22.4. The van der Waals surface area contributed by atoms with Crippen molar-refractivity contribution in [2.75, 3.05) is 23.3 Å². The number of carbonyl (C=O) groups is 1. The molecule has 0 aliphatic carbocycles. The van der Waals surface area contributed by atoms with Gasteiger partial charge < -0.3 is 25.0 Å². The van der Waals surface area contributed by atoms with Crippen molar-refractivity contribution in [3.8, 4) is 5.75 Å². The molecule has 4 atom stereocenters. The Morgan fingerprint density at radius 1 is 0.872 bits per heavy atom. The van der Waals surface area contributed by atoms with Crippen LogP contribution in [0.25, 0.3) is 0 Å². The van der Waals surface area contributed by atoms with Gasteiger partial charge >= 0.3 is 12.4 Å². The van der Waals surface area contributed by atoms with Gasteiger partial charge in [0.15, 0.2) is 0 Å². The third kappa shape index (κ3) is 7.04. The van der Waals surface area contributed by atoms with E-state index in [0.717, 1.165) is 59.6 Å². The summed E-state index contributed by atoms with van der Waals surface area (Å²) in [5.74, 6) is -1.20. The Morgan fingerprint density at radius 3 is 2.04 bits per heavy atom. The summed E-state index contributed by atoms with van der Waals surface area (Å²) in [4.78, 5) is 16.8. The van der Waals surface area contributed by atoms with Crippen LogP contribution in [-0.4, -0.2) is 57.9 Å². The number of rotatable bonds is 6. The quantitative estimate of drug-likeness (QED) is 0.182. The number of urea groups is 1. The lowest BCUT2D eigenvalue weighted by Gasteiger charge is -2.47. The van der Waals surface area contributed by atoms with Gasteiger partial charge in [-0.15, -0.1) is 13.2 Å². The summed E-state index contributed by atoms with van der Waals surface area (Å²) >= 11 is 0. The summed E-state index contributed by atoms with van der Waals surface area (Å²) in [5.41, 5.74) is 3.59. The number of hydrogen-bond donors (Lipinski definition) is 4. The number of ether oxygens (including phenoxy) is 1. The lowest BCUT2D eigenvalue weighted by molar-refractivity contribution is -0.274. The van der Waals surface area contributed by atoms with Gasteiger partial charge in [-0.05, 0) is 72.5 Å². The molecule has 14 heteroatoms. The molecule has 1 saturated heterocycles. The lowest BCUT2D eigenvalue weighted by atomic mass is 9.94. The summed E-state index contributed by atoms with van der Waals surface area (Å²) in [6, 6.07) is 22.4. The third-order valence-corrected chi connectivity index (χ3v) is 9.81. The van der Waals surface area contributed by atoms with Crippen LogP contribution in [-0.2, 0) is 22.8 Å². The molecule has 4 aromatic rings. The number of halogens is 4. The highest BCUT2D eigenvalue weighted by molar-refractivity contribution is 7.90. The first kappa shape index (κ1) is 32.3. The molecule has 4 N–H and O–H groups in total. The topological polar surface area (TPSA) is 118 Å². The lowest BCUT2D eigenvalue weighted by Crippen LogP contribution is -2.66.